The largest absolute Gasteiger partial charge is 0.467 e. The Morgan fingerprint density at radius 1 is 1.44 bits per heavy atom. The van der Waals surface area contributed by atoms with Crippen molar-refractivity contribution in [2.75, 3.05) is 12.4 Å². The van der Waals surface area contributed by atoms with Crippen LogP contribution in [-0.2, 0) is 9.53 Å². The molecule has 1 saturated carbocycles. The molecule has 0 amide bonds. The van der Waals surface area contributed by atoms with Gasteiger partial charge < -0.3 is 10.1 Å². The third kappa shape index (κ3) is 2.41. The van der Waals surface area contributed by atoms with Crippen molar-refractivity contribution >= 4 is 29.3 Å². The number of esters is 1. The van der Waals surface area contributed by atoms with Gasteiger partial charge in [0.15, 0.2) is 6.29 Å². The molecule has 1 aromatic rings. The van der Waals surface area contributed by atoms with E-state index >= 15 is 0 Å². The second-order valence-corrected chi connectivity index (χ2v) is 5.52. The van der Waals surface area contributed by atoms with Crippen molar-refractivity contribution in [3.63, 3.8) is 0 Å². The molecule has 1 aliphatic rings. The highest BCUT2D eigenvalue weighted by Gasteiger charge is 2.41. The Balaban J connectivity index is 2.25. The van der Waals surface area contributed by atoms with Gasteiger partial charge in [-0.05, 0) is 24.3 Å². The summed E-state index contributed by atoms with van der Waals surface area (Å²) in [5, 5.41) is 5.10. The van der Waals surface area contributed by atoms with Crippen LogP contribution in [-0.4, -0.2) is 24.9 Å². The predicted molar refractivity (Wildman–Crippen MR) is 71.2 cm³/mol. The van der Waals surface area contributed by atoms with E-state index in [0.29, 0.717) is 4.88 Å². The maximum Gasteiger partial charge on any atom is 0.331 e. The van der Waals surface area contributed by atoms with Crippen LogP contribution in [0.25, 0.3) is 0 Å². The van der Waals surface area contributed by atoms with Gasteiger partial charge in [0.25, 0.3) is 0 Å². The summed E-state index contributed by atoms with van der Waals surface area (Å²) in [5.41, 5.74) is 0.0774. The van der Waals surface area contributed by atoms with Gasteiger partial charge in [-0.1, -0.05) is 19.3 Å². The van der Waals surface area contributed by atoms with E-state index in [2.05, 4.69) is 5.32 Å². The van der Waals surface area contributed by atoms with Crippen LogP contribution in [0.5, 0.6) is 0 Å². The van der Waals surface area contributed by atoms with Gasteiger partial charge in [0.2, 0.25) is 0 Å². The van der Waals surface area contributed by atoms with Gasteiger partial charge in [0.05, 0.1) is 17.7 Å². The molecule has 2 rings (SSSR count). The number of methoxy groups -OCH3 is 1. The molecule has 0 spiro atoms. The van der Waals surface area contributed by atoms with E-state index in [1.807, 2.05) is 11.4 Å². The van der Waals surface area contributed by atoms with Gasteiger partial charge in [-0.15, -0.1) is 11.3 Å². The summed E-state index contributed by atoms with van der Waals surface area (Å²) < 4.78 is 4.93. The zero-order valence-electron chi connectivity index (χ0n) is 10.4. The zero-order chi connectivity index (χ0) is 13.0. The fourth-order valence-corrected chi connectivity index (χ4v) is 3.16. The van der Waals surface area contributed by atoms with Gasteiger partial charge in [-0.25, -0.2) is 4.79 Å². The normalized spacial score (nSPS) is 18.1. The first-order chi connectivity index (χ1) is 8.72. The molecule has 98 valence electrons. The van der Waals surface area contributed by atoms with Crippen molar-refractivity contribution in [2.45, 2.75) is 37.6 Å². The van der Waals surface area contributed by atoms with Crippen molar-refractivity contribution in [3.05, 3.63) is 16.3 Å². The van der Waals surface area contributed by atoms with E-state index in [1.54, 1.807) is 0 Å². The Morgan fingerprint density at radius 3 is 2.78 bits per heavy atom. The maximum absolute atomic E-state index is 12.0. The lowest BCUT2D eigenvalue weighted by atomic mass is 9.81. The number of ether oxygens (including phenoxy) is 1. The molecule has 1 fully saturated rings. The fraction of sp³-hybridized carbons (Fsp3) is 0.538. The molecule has 1 aromatic heterocycles. The van der Waals surface area contributed by atoms with Gasteiger partial charge in [-0.3, -0.25) is 4.79 Å². The molecule has 1 aliphatic carbocycles. The second-order valence-electron chi connectivity index (χ2n) is 4.58. The van der Waals surface area contributed by atoms with Crippen LogP contribution in [0.2, 0.25) is 0 Å². The standard InChI is InChI=1S/C13H17NO3S/c1-17-12(16)13(6-3-2-4-7-13)14-10-5-8-18-11(10)9-15/h5,8-9,14H,2-4,6-7H2,1H3. The number of aldehydes is 1. The number of hydrogen-bond donors (Lipinski definition) is 1. The molecule has 0 saturated heterocycles. The van der Waals surface area contributed by atoms with E-state index in [-0.39, 0.29) is 5.97 Å². The lowest BCUT2D eigenvalue weighted by Gasteiger charge is -2.36. The number of hydrogen-bond acceptors (Lipinski definition) is 5. The van der Waals surface area contributed by atoms with Gasteiger partial charge >= 0.3 is 5.97 Å². The third-order valence-corrected chi connectivity index (χ3v) is 4.30. The van der Waals surface area contributed by atoms with Crippen LogP contribution in [0, 0.1) is 0 Å². The SMILES string of the molecule is COC(=O)C1(Nc2ccsc2C=O)CCCCC1. The number of anilines is 1. The summed E-state index contributed by atoms with van der Waals surface area (Å²) in [6, 6.07) is 1.84. The van der Waals surface area contributed by atoms with E-state index in [9.17, 15) is 9.59 Å². The highest BCUT2D eigenvalue weighted by atomic mass is 32.1. The lowest BCUT2D eigenvalue weighted by molar-refractivity contribution is -0.147. The van der Waals surface area contributed by atoms with Crippen LogP contribution in [0.15, 0.2) is 11.4 Å². The summed E-state index contributed by atoms with van der Waals surface area (Å²) in [5.74, 6) is -0.231. The molecule has 0 atom stereocenters. The molecule has 18 heavy (non-hydrogen) atoms. The highest BCUT2D eigenvalue weighted by molar-refractivity contribution is 7.12. The molecule has 1 heterocycles. The Labute approximate surface area is 110 Å². The first-order valence-electron chi connectivity index (χ1n) is 6.11. The van der Waals surface area contributed by atoms with Crippen molar-refractivity contribution in [1.82, 2.24) is 0 Å². The third-order valence-electron chi connectivity index (χ3n) is 3.46. The van der Waals surface area contributed by atoms with E-state index in [0.717, 1.165) is 44.1 Å². The predicted octanol–water partition coefficient (Wildman–Crippen LogP) is 2.85. The molecule has 5 heteroatoms. The number of thiophene rings is 1. The molecular weight excluding hydrogens is 250 g/mol. The first kappa shape index (κ1) is 13.1. The minimum Gasteiger partial charge on any atom is -0.467 e. The first-order valence-corrected chi connectivity index (χ1v) is 6.99. The molecular formula is C13H17NO3S. The van der Waals surface area contributed by atoms with Crippen molar-refractivity contribution in [2.24, 2.45) is 0 Å². The van der Waals surface area contributed by atoms with E-state index in [1.165, 1.54) is 18.4 Å². The summed E-state index contributed by atoms with van der Waals surface area (Å²) in [4.78, 5) is 23.6. The van der Waals surface area contributed by atoms with E-state index < -0.39 is 5.54 Å². The van der Waals surface area contributed by atoms with Crippen molar-refractivity contribution in [3.8, 4) is 0 Å². The summed E-state index contributed by atoms with van der Waals surface area (Å²) in [7, 11) is 1.41. The monoisotopic (exact) mass is 267 g/mol. The molecule has 0 unspecified atom stereocenters. The molecule has 1 N–H and O–H groups in total. The Kier molecular flexibility index (Phi) is 4.01. The van der Waals surface area contributed by atoms with Crippen LogP contribution in [0.4, 0.5) is 5.69 Å². The number of rotatable bonds is 4. The van der Waals surface area contributed by atoms with Gasteiger partial charge in [-0.2, -0.15) is 0 Å². The van der Waals surface area contributed by atoms with Gasteiger partial charge in [0, 0.05) is 0 Å². The highest BCUT2D eigenvalue weighted by Crippen LogP contribution is 2.34. The minimum absolute atomic E-state index is 0.231. The Hall–Kier alpha value is -1.36. The van der Waals surface area contributed by atoms with Gasteiger partial charge in [0.1, 0.15) is 5.54 Å². The van der Waals surface area contributed by atoms with Crippen LogP contribution in [0.3, 0.4) is 0 Å². The summed E-state index contributed by atoms with van der Waals surface area (Å²) in [6.07, 6.45) is 5.48. The van der Waals surface area contributed by atoms with Crippen LogP contribution < -0.4 is 5.32 Å². The molecule has 0 bridgehead atoms. The van der Waals surface area contributed by atoms with E-state index in [4.69, 9.17) is 4.74 Å². The maximum atomic E-state index is 12.0. The second kappa shape index (κ2) is 5.52. The average Bonchev–Trinajstić information content (AvgIpc) is 2.85. The topological polar surface area (TPSA) is 55.4 Å². The average molecular weight is 267 g/mol. The smallest absolute Gasteiger partial charge is 0.331 e. The fourth-order valence-electron chi connectivity index (χ4n) is 2.50. The summed E-state index contributed by atoms with van der Waals surface area (Å²) in [6.45, 7) is 0. The van der Waals surface area contributed by atoms with Crippen LogP contribution >= 0.6 is 11.3 Å². The lowest BCUT2D eigenvalue weighted by Crippen LogP contribution is -2.48. The minimum atomic E-state index is -0.661. The Morgan fingerprint density at radius 2 is 2.17 bits per heavy atom. The zero-order valence-corrected chi connectivity index (χ0v) is 11.2. The van der Waals surface area contributed by atoms with Crippen LogP contribution in [0.1, 0.15) is 41.8 Å². The Bertz CT molecular complexity index is 435. The number of carbonyl (C=O) groups is 2. The van der Waals surface area contributed by atoms with Crippen molar-refractivity contribution < 1.29 is 14.3 Å². The number of carbonyl (C=O) groups excluding carboxylic acids is 2. The molecule has 4 nitrogen and oxygen atoms in total. The summed E-state index contributed by atoms with van der Waals surface area (Å²) >= 11 is 1.37. The number of nitrogens with one attached hydrogen (secondary N) is 1. The quantitative estimate of drug-likeness (QED) is 0.673. The molecule has 0 radical (unpaired) electrons. The molecule has 0 aromatic carbocycles. The molecule has 0 aliphatic heterocycles. The van der Waals surface area contributed by atoms with Crippen molar-refractivity contribution in [1.29, 1.82) is 0 Å².